The number of anilines is 2. The first-order valence-corrected chi connectivity index (χ1v) is 11.3. The Bertz CT molecular complexity index is 956. The van der Waals surface area contributed by atoms with Crippen molar-refractivity contribution in [3.63, 3.8) is 0 Å². The second-order valence-corrected chi connectivity index (χ2v) is 8.49. The van der Waals surface area contributed by atoms with E-state index >= 15 is 0 Å². The highest BCUT2D eigenvalue weighted by Gasteiger charge is 2.22. The summed E-state index contributed by atoms with van der Waals surface area (Å²) in [6, 6.07) is 7.94. The Balaban J connectivity index is 1.75. The van der Waals surface area contributed by atoms with Crippen LogP contribution in [0.3, 0.4) is 0 Å². The lowest BCUT2D eigenvalue weighted by molar-refractivity contribution is 0.204. The molecule has 0 unspecified atom stereocenters. The third kappa shape index (κ3) is 6.75. The molecule has 2 aromatic rings. The molecule has 0 amide bonds. The van der Waals surface area contributed by atoms with Crippen molar-refractivity contribution in [2.24, 2.45) is 4.99 Å². The van der Waals surface area contributed by atoms with Crippen LogP contribution in [0.15, 0.2) is 29.3 Å². The largest absolute Gasteiger partial charge is 0.383 e. The molecule has 1 aliphatic heterocycles. The zero-order chi connectivity index (χ0) is 23.1. The van der Waals surface area contributed by atoms with Crippen LogP contribution >= 0.6 is 23.8 Å². The number of ether oxygens (including phenoxy) is 1. The fourth-order valence-electron chi connectivity index (χ4n) is 3.54. The molecule has 0 spiro atoms. The third-order valence-corrected chi connectivity index (χ3v) is 5.56. The zero-order valence-corrected chi connectivity index (χ0v) is 20.6. The monoisotopic (exact) mass is 475 g/mol. The number of hydrogen-bond acceptors (Lipinski definition) is 5. The maximum atomic E-state index is 6.23. The lowest BCUT2D eigenvalue weighted by Gasteiger charge is -2.38. The second kappa shape index (κ2) is 11.4. The van der Waals surface area contributed by atoms with Crippen molar-refractivity contribution in [3.05, 3.63) is 46.2 Å². The average molecular weight is 476 g/mol. The summed E-state index contributed by atoms with van der Waals surface area (Å²) >= 11 is 11.7. The summed E-state index contributed by atoms with van der Waals surface area (Å²) < 4.78 is 5.08. The Morgan fingerprint density at radius 2 is 1.81 bits per heavy atom. The SMILES string of the molecule is COCCNC(=S)/N=C(/Nc1nc(C)cc(C)n1)N1CCN(c2cc(Cl)ccc2C)CC1. The molecular formula is C22H30ClN7OS. The first-order chi connectivity index (χ1) is 15.4. The number of nitrogens with one attached hydrogen (secondary N) is 2. The minimum Gasteiger partial charge on any atom is -0.383 e. The van der Waals surface area contributed by atoms with Crippen molar-refractivity contribution in [1.29, 1.82) is 0 Å². The maximum absolute atomic E-state index is 6.23. The molecule has 2 heterocycles. The maximum Gasteiger partial charge on any atom is 0.229 e. The van der Waals surface area contributed by atoms with E-state index in [4.69, 9.17) is 28.6 Å². The van der Waals surface area contributed by atoms with Gasteiger partial charge in [0.2, 0.25) is 11.9 Å². The molecule has 1 aromatic carbocycles. The molecule has 3 rings (SSSR count). The summed E-state index contributed by atoms with van der Waals surface area (Å²) in [6.07, 6.45) is 0. The van der Waals surface area contributed by atoms with Gasteiger partial charge in [0, 0.05) is 61.9 Å². The van der Waals surface area contributed by atoms with Crippen LogP contribution in [0.25, 0.3) is 0 Å². The molecule has 0 aliphatic carbocycles. The van der Waals surface area contributed by atoms with Gasteiger partial charge in [0.1, 0.15) is 0 Å². The Kier molecular flexibility index (Phi) is 8.60. The number of methoxy groups -OCH3 is 1. The highest BCUT2D eigenvalue weighted by atomic mass is 35.5. The number of thiocarbonyl (C=S) groups is 1. The van der Waals surface area contributed by atoms with E-state index in [-0.39, 0.29) is 0 Å². The molecule has 0 saturated carbocycles. The second-order valence-electron chi connectivity index (χ2n) is 7.66. The molecule has 0 radical (unpaired) electrons. The first-order valence-electron chi connectivity index (χ1n) is 10.6. The van der Waals surface area contributed by atoms with Crippen molar-refractivity contribution < 1.29 is 4.74 Å². The number of aryl methyl sites for hydroxylation is 3. The summed E-state index contributed by atoms with van der Waals surface area (Å²) in [7, 11) is 1.65. The molecule has 8 nitrogen and oxygen atoms in total. The third-order valence-electron chi connectivity index (χ3n) is 5.09. The van der Waals surface area contributed by atoms with Crippen molar-refractivity contribution in [2.45, 2.75) is 20.8 Å². The van der Waals surface area contributed by atoms with Gasteiger partial charge in [-0.15, -0.1) is 0 Å². The van der Waals surface area contributed by atoms with Gasteiger partial charge in [-0.3, -0.25) is 5.32 Å². The minimum absolute atomic E-state index is 0.391. The number of aromatic nitrogens is 2. The summed E-state index contributed by atoms with van der Waals surface area (Å²) in [5.41, 5.74) is 4.16. The fourth-order valence-corrected chi connectivity index (χ4v) is 3.89. The molecule has 10 heteroatoms. The molecule has 172 valence electrons. The van der Waals surface area contributed by atoms with E-state index in [1.807, 2.05) is 32.0 Å². The van der Waals surface area contributed by atoms with Crippen molar-refractivity contribution in [3.8, 4) is 0 Å². The van der Waals surface area contributed by atoms with Gasteiger partial charge in [-0.05, 0) is 56.8 Å². The summed E-state index contributed by atoms with van der Waals surface area (Å²) in [6.45, 7) is 10.3. The summed E-state index contributed by atoms with van der Waals surface area (Å²) in [5.74, 6) is 1.14. The Morgan fingerprint density at radius 1 is 1.12 bits per heavy atom. The highest BCUT2D eigenvalue weighted by molar-refractivity contribution is 7.80. The van der Waals surface area contributed by atoms with E-state index < -0.39 is 0 Å². The minimum atomic E-state index is 0.391. The lowest BCUT2D eigenvalue weighted by Crippen LogP contribution is -2.51. The topological polar surface area (TPSA) is 77.9 Å². The number of halogens is 1. The molecule has 0 atom stereocenters. The standard InChI is InChI=1S/C22H30ClN7OS/c1-15-5-6-18(23)14-19(15)29-8-10-30(11-9-29)21(28-22(32)24-7-12-31-4)27-20-25-16(2)13-17(3)26-20/h5-6,13-14H,7-12H2,1-4H3,(H2,24,25,26,27,28,32). The molecule has 0 bridgehead atoms. The smallest absolute Gasteiger partial charge is 0.229 e. The van der Waals surface area contributed by atoms with Crippen LogP contribution in [0.5, 0.6) is 0 Å². The van der Waals surface area contributed by atoms with Gasteiger partial charge in [-0.1, -0.05) is 17.7 Å². The zero-order valence-electron chi connectivity index (χ0n) is 19.0. The van der Waals surface area contributed by atoms with E-state index in [0.717, 1.165) is 48.3 Å². The number of benzene rings is 1. The Morgan fingerprint density at radius 3 is 2.47 bits per heavy atom. The van der Waals surface area contributed by atoms with Gasteiger partial charge in [0.15, 0.2) is 5.11 Å². The molecule has 1 aliphatic rings. The summed E-state index contributed by atoms with van der Waals surface area (Å²) in [4.78, 5) is 18.1. The van der Waals surface area contributed by atoms with Gasteiger partial charge in [-0.2, -0.15) is 4.99 Å². The lowest BCUT2D eigenvalue weighted by atomic mass is 10.1. The number of rotatable bonds is 5. The van der Waals surface area contributed by atoms with E-state index in [1.54, 1.807) is 7.11 Å². The predicted molar refractivity (Wildman–Crippen MR) is 135 cm³/mol. The van der Waals surface area contributed by atoms with Crippen molar-refractivity contribution in [1.82, 2.24) is 20.2 Å². The van der Waals surface area contributed by atoms with Crippen molar-refractivity contribution in [2.75, 3.05) is 56.7 Å². The predicted octanol–water partition coefficient (Wildman–Crippen LogP) is 3.17. The van der Waals surface area contributed by atoms with Gasteiger partial charge in [0.05, 0.1) is 6.61 Å². The Hall–Kier alpha value is -2.49. The van der Waals surface area contributed by atoms with Crippen LogP contribution in [0, 0.1) is 20.8 Å². The molecule has 2 N–H and O–H groups in total. The van der Waals surface area contributed by atoms with E-state index in [2.05, 4.69) is 48.4 Å². The van der Waals surface area contributed by atoms with E-state index in [9.17, 15) is 0 Å². The number of hydrogen-bond donors (Lipinski definition) is 2. The molecule has 1 aromatic heterocycles. The van der Waals surface area contributed by atoms with Crippen LogP contribution in [0.1, 0.15) is 17.0 Å². The number of nitrogens with zero attached hydrogens (tertiary/aromatic N) is 5. The molecule has 32 heavy (non-hydrogen) atoms. The highest BCUT2D eigenvalue weighted by Crippen LogP contribution is 2.25. The van der Waals surface area contributed by atoms with Gasteiger partial charge >= 0.3 is 0 Å². The van der Waals surface area contributed by atoms with Crippen LogP contribution < -0.4 is 15.5 Å². The average Bonchev–Trinajstić information content (AvgIpc) is 2.75. The van der Waals surface area contributed by atoms with Crippen LogP contribution in [-0.4, -0.2) is 72.4 Å². The van der Waals surface area contributed by atoms with E-state index in [0.29, 0.717) is 30.2 Å². The first kappa shape index (κ1) is 24.2. The van der Waals surface area contributed by atoms with Crippen LogP contribution in [-0.2, 0) is 4.74 Å². The van der Waals surface area contributed by atoms with Crippen LogP contribution in [0.4, 0.5) is 11.6 Å². The molecular weight excluding hydrogens is 446 g/mol. The fraction of sp³-hybridized carbons (Fsp3) is 0.455. The molecule has 1 fully saturated rings. The Labute approximate surface area is 200 Å². The molecule has 1 saturated heterocycles. The normalized spacial score (nSPS) is 14.5. The van der Waals surface area contributed by atoms with Gasteiger partial charge < -0.3 is 19.9 Å². The number of piperazine rings is 1. The van der Waals surface area contributed by atoms with Crippen LogP contribution in [0.2, 0.25) is 5.02 Å². The number of guanidine groups is 1. The van der Waals surface area contributed by atoms with E-state index in [1.165, 1.54) is 5.56 Å². The van der Waals surface area contributed by atoms with Gasteiger partial charge in [-0.25, -0.2) is 9.97 Å². The van der Waals surface area contributed by atoms with Gasteiger partial charge in [0.25, 0.3) is 0 Å². The number of aliphatic imine (C=N–C) groups is 1. The summed E-state index contributed by atoms with van der Waals surface area (Å²) in [5, 5.41) is 7.52. The quantitative estimate of drug-likeness (QED) is 0.295. The van der Waals surface area contributed by atoms with Crippen molar-refractivity contribution >= 4 is 46.5 Å².